The van der Waals surface area contributed by atoms with E-state index in [1.54, 1.807) is 7.11 Å². The highest BCUT2D eigenvalue weighted by molar-refractivity contribution is 4.91. The van der Waals surface area contributed by atoms with Gasteiger partial charge in [-0.15, -0.1) is 0 Å². The predicted molar refractivity (Wildman–Crippen MR) is 52.9 cm³/mol. The summed E-state index contributed by atoms with van der Waals surface area (Å²) in [4.78, 5) is 2.63. The van der Waals surface area contributed by atoms with Crippen LogP contribution in [0.3, 0.4) is 0 Å². The van der Waals surface area contributed by atoms with E-state index in [0.29, 0.717) is 0 Å². The lowest BCUT2D eigenvalue weighted by Crippen LogP contribution is -2.35. The van der Waals surface area contributed by atoms with E-state index in [1.165, 1.54) is 32.4 Å². The van der Waals surface area contributed by atoms with Crippen LogP contribution in [-0.2, 0) is 4.74 Å². The molecule has 3 heteroatoms. The van der Waals surface area contributed by atoms with Crippen molar-refractivity contribution in [1.29, 1.82) is 0 Å². The maximum atomic E-state index is 5.01. The second-order valence-corrected chi connectivity index (χ2v) is 4.16. The molecule has 0 aromatic rings. The zero-order valence-corrected chi connectivity index (χ0v) is 8.46. The van der Waals surface area contributed by atoms with Crippen LogP contribution in [0.15, 0.2) is 0 Å². The summed E-state index contributed by atoms with van der Waals surface area (Å²) in [6.45, 7) is 4.39. The Labute approximate surface area is 80.4 Å². The molecule has 0 bridgehead atoms. The number of nitrogens with zero attached hydrogens (tertiary/aromatic N) is 1. The Morgan fingerprint density at radius 1 is 1.38 bits per heavy atom. The number of nitrogens with one attached hydrogen (secondary N) is 1. The van der Waals surface area contributed by atoms with Crippen LogP contribution in [0, 0.1) is 0 Å². The van der Waals surface area contributed by atoms with Crippen molar-refractivity contribution in [2.24, 2.45) is 0 Å². The molecule has 3 nitrogen and oxygen atoms in total. The minimum Gasteiger partial charge on any atom is -0.383 e. The molecule has 2 rings (SSSR count). The molecular formula is C10H20N2O. The highest BCUT2D eigenvalue weighted by Crippen LogP contribution is 2.29. The molecule has 1 aliphatic heterocycles. The summed E-state index contributed by atoms with van der Waals surface area (Å²) in [5, 5.41) is 3.53. The van der Waals surface area contributed by atoms with E-state index in [-0.39, 0.29) is 0 Å². The smallest absolute Gasteiger partial charge is 0.0587 e. The Morgan fingerprint density at radius 2 is 2.23 bits per heavy atom. The Bertz CT molecular complexity index is 159. The Kier molecular flexibility index (Phi) is 3.19. The minimum atomic E-state index is 0.718. The number of hydrogen-bond donors (Lipinski definition) is 1. The highest BCUT2D eigenvalue weighted by Gasteiger charge is 2.33. The Balaban J connectivity index is 1.60. The number of likely N-dealkylation sites (tertiary alicyclic amines) is 1. The van der Waals surface area contributed by atoms with Crippen molar-refractivity contribution < 1.29 is 4.74 Å². The molecule has 1 unspecified atom stereocenters. The van der Waals surface area contributed by atoms with Gasteiger partial charge in [0.05, 0.1) is 6.61 Å². The fourth-order valence-corrected chi connectivity index (χ4v) is 2.09. The molecular weight excluding hydrogens is 164 g/mol. The van der Waals surface area contributed by atoms with Crippen molar-refractivity contribution in [2.45, 2.75) is 31.3 Å². The van der Waals surface area contributed by atoms with Crippen LogP contribution in [0.5, 0.6) is 0 Å². The third-order valence-corrected chi connectivity index (χ3v) is 3.02. The summed E-state index contributed by atoms with van der Waals surface area (Å²) in [6.07, 6.45) is 4.19. The van der Waals surface area contributed by atoms with E-state index in [4.69, 9.17) is 4.74 Å². The first-order valence-corrected chi connectivity index (χ1v) is 5.36. The first-order chi connectivity index (χ1) is 6.40. The summed E-state index contributed by atoms with van der Waals surface area (Å²) in [7, 11) is 1.76. The quantitative estimate of drug-likeness (QED) is 0.628. The summed E-state index contributed by atoms with van der Waals surface area (Å²) >= 11 is 0. The van der Waals surface area contributed by atoms with Gasteiger partial charge in [0.15, 0.2) is 0 Å². The Hall–Kier alpha value is -0.120. The van der Waals surface area contributed by atoms with E-state index < -0.39 is 0 Å². The second kappa shape index (κ2) is 4.40. The summed E-state index contributed by atoms with van der Waals surface area (Å²) < 4.78 is 5.01. The SMILES string of the molecule is COCCNC1CCN(C2CC2)C1. The lowest BCUT2D eigenvalue weighted by Gasteiger charge is -2.15. The lowest BCUT2D eigenvalue weighted by molar-refractivity contribution is 0.195. The molecule has 1 atom stereocenters. The fourth-order valence-electron chi connectivity index (χ4n) is 2.09. The average molecular weight is 184 g/mol. The van der Waals surface area contributed by atoms with Gasteiger partial charge in [-0.25, -0.2) is 0 Å². The third-order valence-electron chi connectivity index (χ3n) is 3.02. The van der Waals surface area contributed by atoms with Crippen LogP contribution in [0.1, 0.15) is 19.3 Å². The van der Waals surface area contributed by atoms with Crippen molar-refractivity contribution >= 4 is 0 Å². The number of rotatable bonds is 5. The minimum absolute atomic E-state index is 0.718. The standard InChI is InChI=1S/C10H20N2O/c1-13-7-5-11-9-4-6-12(8-9)10-2-3-10/h9-11H,2-8H2,1H3. The molecule has 1 saturated heterocycles. The molecule has 13 heavy (non-hydrogen) atoms. The van der Waals surface area contributed by atoms with Crippen molar-refractivity contribution in [3.05, 3.63) is 0 Å². The van der Waals surface area contributed by atoms with Gasteiger partial charge >= 0.3 is 0 Å². The third kappa shape index (κ3) is 2.66. The molecule has 1 aliphatic carbocycles. The van der Waals surface area contributed by atoms with Gasteiger partial charge in [-0.05, 0) is 19.3 Å². The monoisotopic (exact) mass is 184 g/mol. The van der Waals surface area contributed by atoms with Gasteiger partial charge in [0.2, 0.25) is 0 Å². The maximum absolute atomic E-state index is 5.01. The van der Waals surface area contributed by atoms with Crippen molar-refractivity contribution in [3.63, 3.8) is 0 Å². The first-order valence-electron chi connectivity index (χ1n) is 5.36. The lowest BCUT2D eigenvalue weighted by atomic mass is 10.3. The van der Waals surface area contributed by atoms with Crippen LogP contribution in [0.25, 0.3) is 0 Å². The number of hydrogen-bond acceptors (Lipinski definition) is 3. The zero-order chi connectivity index (χ0) is 9.10. The molecule has 0 radical (unpaired) electrons. The molecule has 1 saturated carbocycles. The van der Waals surface area contributed by atoms with Gasteiger partial charge < -0.3 is 10.1 Å². The van der Waals surface area contributed by atoms with Crippen LogP contribution in [0.4, 0.5) is 0 Å². The van der Waals surface area contributed by atoms with E-state index in [9.17, 15) is 0 Å². The van der Waals surface area contributed by atoms with Crippen molar-refractivity contribution in [1.82, 2.24) is 10.2 Å². The Morgan fingerprint density at radius 3 is 2.92 bits per heavy atom. The molecule has 2 aliphatic rings. The van der Waals surface area contributed by atoms with E-state index in [0.717, 1.165) is 25.2 Å². The van der Waals surface area contributed by atoms with E-state index >= 15 is 0 Å². The van der Waals surface area contributed by atoms with Gasteiger partial charge in [-0.2, -0.15) is 0 Å². The average Bonchev–Trinajstić information content (AvgIpc) is 2.88. The largest absolute Gasteiger partial charge is 0.383 e. The first kappa shape index (κ1) is 9.44. The topological polar surface area (TPSA) is 24.5 Å². The van der Waals surface area contributed by atoms with Crippen molar-refractivity contribution in [3.8, 4) is 0 Å². The molecule has 0 aromatic carbocycles. The number of methoxy groups -OCH3 is 1. The van der Waals surface area contributed by atoms with E-state index in [1.807, 2.05) is 0 Å². The van der Waals surface area contributed by atoms with Crippen molar-refractivity contribution in [2.75, 3.05) is 33.4 Å². The van der Waals surface area contributed by atoms with Gasteiger partial charge in [0.25, 0.3) is 0 Å². The molecule has 0 aromatic heterocycles. The number of ether oxygens (including phenoxy) is 1. The molecule has 0 spiro atoms. The second-order valence-electron chi connectivity index (χ2n) is 4.16. The zero-order valence-electron chi connectivity index (χ0n) is 8.46. The molecule has 76 valence electrons. The van der Waals surface area contributed by atoms with E-state index in [2.05, 4.69) is 10.2 Å². The molecule has 2 fully saturated rings. The van der Waals surface area contributed by atoms with Gasteiger partial charge in [-0.1, -0.05) is 0 Å². The maximum Gasteiger partial charge on any atom is 0.0587 e. The fraction of sp³-hybridized carbons (Fsp3) is 1.00. The van der Waals surface area contributed by atoms with Crippen LogP contribution < -0.4 is 5.32 Å². The summed E-state index contributed by atoms with van der Waals surface area (Å²) in [5.41, 5.74) is 0. The normalized spacial score (nSPS) is 29.8. The highest BCUT2D eigenvalue weighted by atomic mass is 16.5. The molecule has 1 N–H and O–H groups in total. The van der Waals surface area contributed by atoms with Gasteiger partial charge in [0.1, 0.15) is 0 Å². The predicted octanol–water partition coefficient (Wildman–Crippen LogP) is 0.459. The summed E-state index contributed by atoms with van der Waals surface area (Å²) in [6, 6.07) is 1.66. The summed E-state index contributed by atoms with van der Waals surface area (Å²) in [5.74, 6) is 0. The van der Waals surface area contributed by atoms with Crippen LogP contribution in [0.2, 0.25) is 0 Å². The molecule has 1 heterocycles. The van der Waals surface area contributed by atoms with Crippen LogP contribution in [-0.4, -0.2) is 50.3 Å². The van der Waals surface area contributed by atoms with Gasteiger partial charge in [-0.3, -0.25) is 4.90 Å². The molecule has 0 amide bonds. The van der Waals surface area contributed by atoms with Crippen LogP contribution >= 0.6 is 0 Å². The van der Waals surface area contributed by atoms with Gasteiger partial charge in [0, 0.05) is 38.8 Å².